The van der Waals surface area contributed by atoms with Crippen LogP contribution in [0.4, 0.5) is 0 Å². The number of aromatic carboxylic acids is 1. The molecule has 2 N–H and O–H groups in total. The lowest BCUT2D eigenvalue weighted by Crippen LogP contribution is -2.19. The van der Waals surface area contributed by atoms with Crippen molar-refractivity contribution in [3.63, 3.8) is 0 Å². The third-order valence-corrected chi connectivity index (χ3v) is 3.09. The largest absolute Gasteiger partial charge is 0.475 e. The number of rotatable bonds is 5. The minimum atomic E-state index is -1.13. The van der Waals surface area contributed by atoms with Crippen LogP contribution in [0.3, 0.4) is 0 Å². The molecule has 0 unspecified atom stereocenters. The number of carboxylic acid groups (broad SMARTS) is 1. The van der Waals surface area contributed by atoms with Gasteiger partial charge < -0.3 is 14.8 Å². The number of furan rings is 1. The van der Waals surface area contributed by atoms with Crippen LogP contribution in [0.2, 0.25) is 0 Å². The second kappa shape index (κ2) is 6.01. The number of carboxylic acids is 1. The number of nitrogens with one attached hydrogen (secondary N) is 1. The van der Waals surface area contributed by atoms with E-state index >= 15 is 0 Å². The summed E-state index contributed by atoms with van der Waals surface area (Å²) in [6, 6.07) is 6.68. The van der Waals surface area contributed by atoms with Crippen molar-refractivity contribution in [3.05, 3.63) is 52.1 Å². The average molecular weight is 277 g/mol. The fourth-order valence-corrected chi connectivity index (χ4v) is 1.98. The van der Waals surface area contributed by atoms with Crippen molar-refractivity contribution in [2.75, 3.05) is 0 Å². The van der Waals surface area contributed by atoms with Crippen molar-refractivity contribution < 1.29 is 19.1 Å². The number of hydrogen-bond donors (Lipinski definition) is 2. The number of hydrogen-bond acceptors (Lipinski definition) is 4. The second-order valence-corrected chi connectivity index (χ2v) is 4.62. The molecular formula is C13H11NO4S. The summed E-state index contributed by atoms with van der Waals surface area (Å²) in [5.74, 6) is -1.13. The Morgan fingerprint density at radius 1 is 1.37 bits per heavy atom. The van der Waals surface area contributed by atoms with Gasteiger partial charge in [0.05, 0.1) is 6.54 Å². The normalized spacial score (nSPS) is 10.7. The first-order valence-electron chi connectivity index (χ1n) is 5.46. The lowest BCUT2D eigenvalue weighted by molar-refractivity contribution is -0.116. The van der Waals surface area contributed by atoms with Gasteiger partial charge in [0, 0.05) is 11.0 Å². The summed E-state index contributed by atoms with van der Waals surface area (Å²) >= 11 is 1.54. The van der Waals surface area contributed by atoms with Gasteiger partial charge in [0.1, 0.15) is 5.76 Å². The molecule has 0 saturated heterocycles. The maximum Gasteiger partial charge on any atom is 0.371 e. The molecule has 0 aliphatic rings. The van der Waals surface area contributed by atoms with Crippen LogP contribution < -0.4 is 5.32 Å². The number of carbonyl (C=O) groups excluding carboxylic acids is 1. The average Bonchev–Trinajstić information content (AvgIpc) is 3.05. The van der Waals surface area contributed by atoms with E-state index in [9.17, 15) is 9.59 Å². The lowest BCUT2D eigenvalue weighted by Gasteiger charge is -1.98. The lowest BCUT2D eigenvalue weighted by atomic mass is 10.4. The molecule has 5 nitrogen and oxygen atoms in total. The van der Waals surface area contributed by atoms with Gasteiger partial charge in [-0.25, -0.2) is 4.79 Å². The Labute approximate surface area is 113 Å². The fraction of sp³-hybridized carbons (Fsp3) is 0.0769. The molecule has 0 saturated carbocycles. The van der Waals surface area contributed by atoms with Gasteiger partial charge >= 0.3 is 5.97 Å². The van der Waals surface area contributed by atoms with Gasteiger partial charge in [0.2, 0.25) is 11.7 Å². The molecule has 0 aliphatic heterocycles. The molecule has 0 aliphatic carbocycles. The highest BCUT2D eigenvalue weighted by molar-refractivity contribution is 7.10. The second-order valence-electron chi connectivity index (χ2n) is 3.64. The molecule has 2 aromatic rings. The topological polar surface area (TPSA) is 79.5 Å². The smallest absolute Gasteiger partial charge is 0.371 e. The molecule has 2 heterocycles. The van der Waals surface area contributed by atoms with E-state index in [1.165, 1.54) is 29.5 Å². The molecule has 2 aromatic heterocycles. The van der Waals surface area contributed by atoms with Crippen molar-refractivity contribution in [1.29, 1.82) is 0 Å². The van der Waals surface area contributed by atoms with E-state index < -0.39 is 5.97 Å². The van der Waals surface area contributed by atoms with Gasteiger partial charge in [-0.15, -0.1) is 11.3 Å². The van der Waals surface area contributed by atoms with Crippen LogP contribution in [-0.2, 0) is 11.3 Å². The number of thiophene rings is 1. The van der Waals surface area contributed by atoms with E-state index in [0.29, 0.717) is 5.76 Å². The Balaban J connectivity index is 1.84. The minimum absolute atomic E-state index is 0.140. The predicted molar refractivity (Wildman–Crippen MR) is 70.9 cm³/mol. The zero-order chi connectivity index (χ0) is 13.7. The van der Waals surface area contributed by atoms with Crippen molar-refractivity contribution >= 4 is 29.3 Å². The van der Waals surface area contributed by atoms with Gasteiger partial charge in [0.15, 0.2) is 0 Å². The highest BCUT2D eigenvalue weighted by atomic mass is 32.1. The van der Waals surface area contributed by atoms with Crippen LogP contribution in [0.15, 0.2) is 40.1 Å². The van der Waals surface area contributed by atoms with Crippen molar-refractivity contribution in [2.45, 2.75) is 6.54 Å². The van der Waals surface area contributed by atoms with E-state index in [1.54, 1.807) is 6.08 Å². The number of carbonyl (C=O) groups is 2. The minimum Gasteiger partial charge on any atom is -0.475 e. The van der Waals surface area contributed by atoms with E-state index in [4.69, 9.17) is 9.52 Å². The molecule has 0 atom stereocenters. The molecule has 6 heteroatoms. The molecule has 98 valence electrons. The first-order valence-corrected chi connectivity index (χ1v) is 6.34. The summed E-state index contributed by atoms with van der Waals surface area (Å²) in [7, 11) is 0. The molecule has 0 bridgehead atoms. The molecule has 0 aromatic carbocycles. The van der Waals surface area contributed by atoms with Crippen molar-refractivity contribution in [1.82, 2.24) is 5.32 Å². The van der Waals surface area contributed by atoms with Crippen LogP contribution in [0.5, 0.6) is 0 Å². The molecule has 0 radical (unpaired) electrons. The molecule has 0 fully saturated rings. The summed E-state index contributed by atoms with van der Waals surface area (Å²) in [4.78, 5) is 23.1. The monoisotopic (exact) mass is 277 g/mol. The van der Waals surface area contributed by atoms with Crippen LogP contribution in [0.25, 0.3) is 6.08 Å². The summed E-state index contributed by atoms with van der Waals surface area (Å²) in [6.45, 7) is 0.154. The van der Waals surface area contributed by atoms with Gasteiger partial charge in [-0.2, -0.15) is 0 Å². The van der Waals surface area contributed by atoms with Gasteiger partial charge in [-0.1, -0.05) is 6.07 Å². The summed E-state index contributed by atoms with van der Waals surface area (Å²) in [6.07, 6.45) is 3.14. The van der Waals surface area contributed by atoms with Crippen molar-refractivity contribution in [2.24, 2.45) is 0 Å². The highest BCUT2D eigenvalue weighted by Gasteiger charge is 2.08. The van der Waals surface area contributed by atoms with Crippen LogP contribution >= 0.6 is 11.3 Å². The SMILES string of the molecule is O=C(C=Cc1cccs1)NCc1ccc(C(=O)O)o1. The Morgan fingerprint density at radius 2 is 2.21 bits per heavy atom. The predicted octanol–water partition coefficient (Wildman–Crippen LogP) is 2.37. The van der Waals surface area contributed by atoms with Gasteiger partial charge in [-0.05, 0) is 29.7 Å². The van der Waals surface area contributed by atoms with Crippen molar-refractivity contribution in [3.8, 4) is 0 Å². The van der Waals surface area contributed by atoms with Crippen LogP contribution in [0.1, 0.15) is 21.2 Å². The highest BCUT2D eigenvalue weighted by Crippen LogP contribution is 2.10. The summed E-state index contributed by atoms with van der Waals surface area (Å²) in [5.41, 5.74) is 0. The zero-order valence-corrected chi connectivity index (χ0v) is 10.6. The van der Waals surface area contributed by atoms with E-state index in [2.05, 4.69) is 5.32 Å². The quantitative estimate of drug-likeness (QED) is 0.822. The van der Waals surface area contributed by atoms with E-state index in [0.717, 1.165) is 4.88 Å². The maximum atomic E-state index is 11.5. The van der Waals surface area contributed by atoms with Gasteiger partial charge in [0.25, 0.3) is 0 Å². The van der Waals surface area contributed by atoms with Crippen LogP contribution in [-0.4, -0.2) is 17.0 Å². The molecule has 2 rings (SSSR count). The van der Waals surface area contributed by atoms with E-state index in [-0.39, 0.29) is 18.2 Å². The Kier molecular flexibility index (Phi) is 4.15. The third-order valence-electron chi connectivity index (χ3n) is 2.25. The first-order chi connectivity index (χ1) is 9.15. The first kappa shape index (κ1) is 13.1. The molecule has 0 spiro atoms. The molecular weight excluding hydrogens is 266 g/mol. The third kappa shape index (κ3) is 3.82. The summed E-state index contributed by atoms with van der Waals surface area (Å²) in [5, 5.41) is 13.2. The number of amides is 1. The van der Waals surface area contributed by atoms with Gasteiger partial charge in [-0.3, -0.25) is 4.79 Å². The molecule has 1 amide bonds. The molecule has 19 heavy (non-hydrogen) atoms. The fourth-order valence-electron chi connectivity index (χ4n) is 1.36. The van der Waals surface area contributed by atoms with E-state index in [1.807, 2.05) is 17.5 Å². The Morgan fingerprint density at radius 3 is 2.84 bits per heavy atom. The standard InChI is InChI=1S/C13H11NO4S/c15-12(6-4-10-2-1-7-19-10)14-8-9-3-5-11(18-9)13(16)17/h1-7H,8H2,(H,14,15)(H,16,17). The van der Waals surface area contributed by atoms with Crippen LogP contribution in [0, 0.1) is 0 Å². The Hall–Kier alpha value is -2.34. The zero-order valence-electron chi connectivity index (χ0n) is 9.83. The Bertz CT molecular complexity index is 598. The maximum absolute atomic E-state index is 11.5. The summed E-state index contributed by atoms with van der Waals surface area (Å²) < 4.78 is 5.01.